The number of rotatable bonds is 9. The van der Waals surface area contributed by atoms with Crippen molar-refractivity contribution in [3.8, 4) is 0 Å². The molecule has 0 radical (unpaired) electrons. The van der Waals surface area contributed by atoms with E-state index in [1.165, 1.54) is 5.56 Å². The first-order valence-corrected chi connectivity index (χ1v) is 13.7. The van der Waals surface area contributed by atoms with E-state index in [2.05, 4.69) is 18.3 Å². The minimum Gasteiger partial charge on any atom is -0.352 e. The van der Waals surface area contributed by atoms with Crippen LogP contribution in [-0.2, 0) is 29.0 Å². The third kappa shape index (κ3) is 7.37. The fourth-order valence-electron chi connectivity index (χ4n) is 4.95. The van der Waals surface area contributed by atoms with E-state index >= 15 is 0 Å². The van der Waals surface area contributed by atoms with Crippen LogP contribution in [0.2, 0.25) is 10.0 Å². The number of nitrogens with zero attached hydrogens (tertiary/aromatic N) is 1. The minimum atomic E-state index is -0.656. The summed E-state index contributed by atoms with van der Waals surface area (Å²) in [6.07, 6.45) is 4.84. The van der Waals surface area contributed by atoms with Crippen LogP contribution in [0.4, 0.5) is 0 Å². The van der Waals surface area contributed by atoms with Crippen molar-refractivity contribution in [3.05, 3.63) is 105 Å². The summed E-state index contributed by atoms with van der Waals surface area (Å²) >= 11 is 12.5. The van der Waals surface area contributed by atoms with E-state index in [0.717, 1.165) is 47.9 Å². The molecule has 0 aliphatic heterocycles. The Labute approximate surface area is 230 Å². The first-order valence-electron chi connectivity index (χ1n) is 12.9. The van der Waals surface area contributed by atoms with Crippen LogP contribution in [0.3, 0.4) is 0 Å². The summed E-state index contributed by atoms with van der Waals surface area (Å²) in [6, 6.07) is 20.8. The zero-order chi connectivity index (χ0) is 26.4. The minimum absolute atomic E-state index is 0.100. The van der Waals surface area contributed by atoms with Crippen molar-refractivity contribution in [3.63, 3.8) is 0 Å². The first-order chi connectivity index (χ1) is 17.8. The maximum Gasteiger partial charge on any atom is 0.243 e. The molecule has 1 aliphatic carbocycles. The molecule has 2 amide bonds. The summed E-state index contributed by atoms with van der Waals surface area (Å²) in [5.74, 6) is -0.207. The number of amides is 2. The van der Waals surface area contributed by atoms with E-state index in [-0.39, 0.29) is 30.8 Å². The van der Waals surface area contributed by atoms with Crippen molar-refractivity contribution in [2.75, 3.05) is 0 Å². The molecular formula is C31H34Cl2N2O2. The lowest BCUT2D eigenvalue weighted by molar-refractivity contribution is -0.141. The average molecular weight is 538 g/mol. The molecule has 4 nitrogen and oxygen atoms in total. The van der Waals surface area contributed by atoms with Crippen LogP contribution in [0.15, 0.2) is 66.7 Å². The highest BCUT2D eigenvalue weighted by Crippen LogP contribution is 2.25. The molecule has 0 saturated heterocycles. The Morgan fingerprint density at radius 3 is 2.24 bits per heavy atom. The molecule has 1 fully saturated rings. The van der Waals surface area contributed by atoms with Gasteiger partial charge in [-0.25, -0.2) is 0 Å². The molecule has 0 aromatic heterocycles. The highest BCUT2D eigenvalue weighted by molar-refractivity contribution is 6.42. The zero-order valence-electron chi connectivity index (χ0n) is 21.5. The Balaban J connectivity index is 1.68. The third-order valence-corrected chi connectivity index (χ3v) is 7.98. The van der Waals surface area contributed by atoms with Crippen LogP contribution in [0, 0.1) is 13.8 Å². The number of carbonyl (C=O) groups excluding carboxylic acids is 2. The number of benzene rings is 3. The zero-order valence-corrected chi connectivity index (χ0v) is 23.0. The van der Waals surface area contributed by atoms with Crippen LogP contribution < -0.4 is 5.32 Å². The summed E-state index contributed by atoms with van der Waals surface area (Å²) in [6.45, 7) is 4.36. The van der Waals surface area contributed by atoms with E-state index in [0.29, 0.717) is 16.5 Å². The second kappa shape index (κ2) is 12.6. The van der Waals surface area contributed by atoms with Gasteiger partial charge in [-0.15, -0.1) is 0 Å². The van der Waals surface area contributed by atoms with Crippen molar-refractivity contribution in [1.29, 1.82) is 0 Å². The Bertz CT molecular complexity index is 1240. The summed E-state index contributed by atoms with van der Waals surface area (Å²) in [4.78, 5) is 29.4. The number of carbonyl (C=O) groups is 2. The molecule has 4 rings (SSSR count). The summed E-state index contributed by atoms with van der Waals surface area (Å²) in [5.41, 5.74) is 5.09. The van der Waals surface area contributed by atoms with Crippen molar-refractivity contribution in [1.82, 2.24) is 10.2 Å². The van der Waals surface area contributed by atoms with Crippen molar-refractivity contribution >= 4 is 35.0 Å². The van der Waals surface area contributed by atoms with E-state index in [4.69, 9.17) is 23.2 Å². The average Bonchev–Trinajstić information content (AvgIpc) is 3.39. The lowest BCUT2D eigenvalue weighted by Gasteiger charge is -2.32. The molecular weight excluding hydrogens is 503 g/mol. The molecule has 194 valence electrons. The standard InChI is InChI=1S/C31H34Cl2N2O2/c1-21-12-13-24(16-22(21)2)19-30(36)35(20-25-14-15-27(32)28(33)17-25)29(18-23-8-4-3-5-9-23)31(37)34-26-10-6-7-11-26/h3-5,8-9,12-17,26,29H,6-7,10-11,18-20H2,1-2H3,(H,34,37)/t29-/m1/s1. The van der Waals surface area contributed by atoms with E-state index in [9.17, 15) is 9.59 Å². The lowest BCUT2D eigenvalue weighted by atomic mass is 10.00. The monoisotopic (exact) mass is 536 g/mol. The number of hydrogen-bond acceptors (Lipinski definition) is 2. The predicted molar refractivity (Wildman–Crippen MR) is 151 cm³/mol. The van der Waals surface area contributed by atoms with Crippen LogP contribution in [-0.4, -0.2) is 28.8 Å². The molecule has 1 saturated carbocycles. The molecule has 3 aromatic carbocycles. The van der Waals surface area contributed by atoms with Gasteiger partial charge in [0.15, 0.2) is 0 Å². The Hall–Kier alpha value is -2.82. The Morgan fingerprint density at radius 1 is 0.865 bits per heavy atom. The fraction of sp³-hybridized carbons (Fsp3) is 0.355. The molecule has 0 unspecified atom stereocenters. The van der Waals surface area contributed by atoms with Crippen LogP contribution in [0.5, 0.6) is 0 Å². The van der Waals surface area contributed by atoms with Gasteiger partial charge < -0.3 is 10.2 Å². The molecule has 0 spiro atoms. The smallest absolute Gasteiger partial charge is 0.243 e. The van der Waals surface area contributed by atoms with Gasteiger partial charge in [-0.2, -0.15) is 0 Å². The third-order valence-electron chi connectivity index (χ3n) is 7.24. The second-order valence-corrected chi connectivity index (χ2v) is 10.9. The molecule has 6 heteroatoms. The second-order valence-electron chi connectivity index (χ2n) is 10.1. The van der Waals surface area contributed by atoms with Gasteiger partial charge in [-0.05, 0) is 66.6 Å². The largest absolute Gasteiger partial charge is 0.352 e. The van der Waals surface area contributed by atoms with Crippen LogP contribution in [0.25, 0.3) is 0 Å². The summed E-state index contributed by atoms with van der Waals surface area (Å²) in [5, 5.41) is 4.12. The van der Waals surface area contributed by atoms with Crippen molar-refractivity contribution in [2.24, 2.45) is 0 Å². The maximum absolute atomic E-state index is 13.9. The highest BCUT2D eigenvalue weighted by atomic mass is 35.5. The Morgan fingerprint density at radius 2 is 1.57 bits per heavy atom. The normalized spacial score (nSPS) is 14.4. The van der Waals surface area contributed by atoms with Crippen LogP contribution in [0.1, 0.15) is 53.5 Å². The number of hydrogen-bond donors (Lipinski definition) is 1. The van der Waals surface area contributed by atoms with Crippen LogP contribution >= 0.6 is 23.2 Å². The molecule has 1 aliphatic rings. The SMILES string of the molecule is Cc1ccc(CC(=O)N(Cc2ccc(Cl)c(Cl)c2)[C@H](Cc2ccccc2)C(=O)NC2CCCC2)cc1C. The van der Waals surface area contributed by atoms with E-state index in [1.807, 2.05) is 55.5 Å². The summed E-state index contributed by atoms with van der Waals surface area (Å²) < 4.78 is 0. The van der Waals surface area contributed by atoms with Crippen molar-refractivity contribution in [2.45, 2.75) is 71.0 Å². The molecule has 3 aromatic rings. The number of halogens is 2. The molecule has 0 heterocycles. The Kier molecular flexibility index (Phi) is 9.28. The molecule has 1 N–H and O–H groups in total. The van der Waals surface area contributed by atoms with Gasteiger partial charge in [-0.3, -0.25) is 9.59 Å². The topological polar surface area (TPSA) is 49.4 Å². The molecule has 1 atom stereocenters. The molecule has 0 bridgehead atoms. The van der Waals surface area contributed by atoms with Crippen molar-refractivity contribution < 1.29 is 9.59 Å². The predicted octanol–water partition coefficient (Wildman–Crippen LogP) is 6.85. The van der Waals surface area contributed by atoms with Gasteiger partial charge in [-0.1, -0.05) is 90.6 Å². The molecule has 37 heavy (non-hydrogen) atoms. The first kappa shape index (κ1) is 27.2. The number of aryl methyl sites for hydroxylation is 2. The van der Waals surface area contributed by atoms with Gasteiger partial charge >= 0.3 is 0 Å². The van der Waals surface area contributed by atoms with E-state index < -0.39 is 6.04 Å². The van der Waals surface area contributed by atoms with Gasteiger partial charge in [0, 0.05) is 19.0 Å². The summed E-state index contributed by atoms with van der Waals surface area (Å²) in [7, 11) is 0. The van der Waals surface area contributed by atoms with Gasteiger partial charge in [0.05, 0.1) is 16.5 Å². The van der Waals surface area contributed by atoms with Gasteiger partial charge in [0.1, 0.15) is 6.04 Å². The van der Waals surface area contributed by atoms with Gasteiger partial charge in [0.25, 0.3) is 0 Å². The quantitative estimate of drug-likeness (QED) is 0.325. The van der Waals surface area contributed by atoms with Gasteiger partial charge in [0.2, 0.25) is 11.8 Å². The van der Waals surface area contributed by atoms with E-state index in [1.54, 1.807) is 17.0 Å². The lowest BCUT2D eigenvalue weighted by Crippen LogP contribution is -2.52. The maximum atomic E-state index is 13.9. The highest BCUT2D eigenvalue weighted by Gasteiger charge is 2.32. The fourth-order valence-corrected chi connectivity index (χ4v) is 5.27. The number of nitrogens with one attached hydrogen (secondary N) is 1.